The van der Waals surface area contributed by atoms with Crippen LogP contribution in [0.25, 0.3) is 0 Å². The summed E-state index contributed by atoms with van der Waals surface area (Å²) in [5.74, 6) is 7.53. The summed E-state index contributed by atoms with van der Waals surface area (Å²) in [4.78, 5) is 13.2. The highest BCUT2D eigenvalue weighted by Crippen LogP contribution is 2.46. The van der Waals surface area contributed by atoms with E-state index in [1.54, 1.807) is 12.1 Å². The van der Waals surface area contributed by atoms with Gasteiger partial charge >= 0.3 is 5.97 Å². The van der Waals surface area contributed by atoms with Crippen LogP contribution in [-0.2, 0) is 10.2 Å². The van der Waals surface area contributed by atoms with Gasteiger partial charge in [0, 0.05) is 16.0 Å². The van der Waals surface area contributed by atoms with Crippen LogP contribution >= 0.6 is 11.8 Å². The van der Waals surface area contributed by atoms with Crippen molar-refractivity contribution in [2.45, 2.75) is 57.3 Å². The summed E-state index contributed by atoms with van der Waals surface area (Å²) in [5.41, 5.74) is 5.54. The quantitative estimate of drug-likeness (QED) is 0.463. The van der Waals surface area contributed by atoms with Gasteiger partial charge in [-0.25, -0.2) is 4.79 Å². The second kappa shape index (κ2) is 8.88. The second-order valence-corrected chi connectivity index (χ2v) is 8.43. The van der Waals surface area contributed by atoms with E-state index < -0.39 is 0 Å². The van der Waals surface area contributed by atoms with Crippen LogP contribution < -0.4 is 0 Å². The van der Waals surface area contributed by atoms with Gasteiger partial charge in [0.15, 0.2) is 0 Å². The van der Waals surface area contributed by atoms with Crippen LogP contribution in [0.3, 0.4) is 0 Å². The average Bonchev–Trinajstić information content (AvgIpc) is 2.72. The Morgan fingerprint density at radius 1 is 1.11 bits per heavy atom. The van der Waals surface area contributed by atoms with Gasteiger partial charge in [0.05, 0.1) is 12.2 Å². The minimum absolute atomic E-state index is 0.284. The number of esters is 1. The lowest BCUT2D eigenvalue weighted by Gasteiger charge is -2.38. The number of carbonyl (C=O) groups excluding carboxylic acids is 1. The van der Waals surface area contributed by atoms with Gasteiger partial charge in [-0.3, -0.25) is 0 Å². The fraction of sp³-hybridized carbons (Fsp3) is 0.400. The first kappa shape index (κ1) is 20.6. The molecule has 3 heteroatoms. The number of benzene rings is 2. The molecule has 0 saturated carbocycles. The molecule has 28 heavy (non-hydrogen) atoms. The number of aryl methyl sites for hydroxylation is 1. The van der Waals surface area contributed by atoms with Gasteiger partial charge in [-0.2, -0.15) is 0 Å². The van der Waals surface area contributed by atoms with Gasteiger partial charge in [-0.1, -0.05) is 25.7 Å². The van der Waals surface area contributed by atoms with Crippen molar-refractivity contribution in [3.8, 4) is 11.8 Å². The topological polar surface area (TPSA) is 26.3 Å². The zero-order chi connectivity index (χ0) is 20.1. The molecule has 2 aromatic carbocycles. The molecule has 1 aliphatic rings. The third kappa shape index (κ3) is 4.13. The number of carbonyl (C=O) groups is 1. The van der Waals surface area contributed by atoms with Crippen molar-refractivity contribution in [3.63, 3.8) is 0 Å². The van der Waals surface area contributed by atoms with Crippen molar-refractivity contribution in [1.29, 1.82) is 0 Å². The highest BCUT2D eigenvalue weighted by molar-refractivity contribution is 7.99. The molecule has 0 spiro atoms. The molecule has 0 fully saturated rings. The molecule has 0 atom stereocenters. The largest absolute Gasteiger partial charge is 0.462 e. The van der Waals surface area contributed by atoms with E-state index in [0.717, 1.165) is 11.1 Å². The molecular formula is C25H28O2S. The summed E-state index contributed by atoms with van der Waals surface area (Å²) < 4.78 is 5.03. The van der Waals surface area contributed by atoms with E-state index in [1.165, 1.54) is 41.0 Å². The van der Waals surface area contributed by atoms with Crippen LogP contribution in [0, 0.1) is 18.8 Å². The summed E-state index contributed by atoms with van der Waals surface area (Å²) in [6.45, 7) is 8.94. The molecule has 0 radical (unpaired) electrons. The Kier molecular flexibility index (Phi) is 6.52. The van der Waals surface area contributed by atoms with Crippen molar-refractivity contribution < 1.29 is 9.53 Å². The Morgan fingerprint density at radius 2 is 1.82 bits per heavy atom. The van der Waals surface area contributed by atoms with E-state index in [0.29, 0.717) is 12.2 Å². The predicted octanol–water partition coefficient (Wildman–Crippen LogP) is 6.13. The van der Waals surface area contributed by atoms with Crippen LogP contribution in [0.5, 0.6) is 0 Å². The number of ether oxygens (including phenoxy) is 1. The number of fused-ring (bicyclic) bond motifs is 1. The Hall–Kier alpha value is -2.18. The molecular weight excluding hydrogens is 364 g/mol. The molecule has 3 rings (SSSR count). The minimum Gasteiger partial charge on any atom is -0.462 e. The van der Waals surface area contributed by atoms with Crippen LogP contribution in [0.4, 0.5) is 0 Å². The summed E-state index contributed by atoms with van der Waals surface area (Å²) in [5, 5.41) is 0. The van der Waals surface area contributed by atoms with Gasteiger partial charge in [0.25, 0.3) is 0 Å². The highest BCUT2D eigenvalue weighted by atomic mass is 32.2. The second-order valence-electron chi connectivity index (χ2n) is 7.30. The molecule has 1 heterocycles. The molecule has 146 valence electrons. The van der Waals surface area contributed by atoms with Gasteiger partial charge < -0.3 is 4.74 Å². The van der Waals surface area contributed by atoms with Crippen molar-refractivity contribution >= 4 is 17.7 Å². The molecule has 0 N–H and O–H groups in total. The van der Waals surface area contributed by atoms with Gasteiger partial charge in [-0.15, -0.1) is 11.8 Å². The predicted molar refractivity (Wildman–Crippen MR) is 117 cm³/mol. The fourth-order valence-corrected chi connectivity index (χ4v) is 5.27. The SMILES string of the molecule is CCOC(=O)c1ccc(C#Cc2cc3c(cc2C)SCCC3(CC)CC)cc1. The van der Waals surface area contributed by atoms with Crippen LogP contribution in [0.2, 0.25) is 0 Å². The molecule has 0 saturated heterocycles. The maximum absolute atomic E-state index is 11.8. The van der Waals surface area contributed by atoms with E-state index in [-0.39, 0.29) is 11.4 Å². The molecule has 0 bridgehead atoms. The Bertz CT molecular complexity index is 912. The van der Waals surface area contributed by atoms with Crippen molar-refractivity contribution in [2.75, 3.05) is 12.4 Å². The standard InChI is InChI=1S/C25H28O2S/c1-5-25(6-2)14-15-28-23-16-18(4)21(17-22(23)25)13-10-19-8-11-20(12-9-19)24(26)27-7-3/h8-9,11-12,16-17H,5-7,14-15H2,1-4H3. The first-order valence-electron chi connectivity index (χ1n) is 10.1. The van der Waals surface area contributed by atoms with Crippen molar-refractivity contribution in [2.24, 2.45) is 0 Å². The average molecular weight is 393 g/mol. The lowest BCUT2D eigenvalue weighted by atomic mass is 9.73. The van der Waals surface area contributed by atoms with E-state index in [1.807, 2.05) is 30.8 Å². The van der Waals surface area contributed by atoms with E-state index in [4.69, 9.17) is 4.74 Å². The zero-order valence-electron chi connectivity index (χ0n) is 17.2. The van der Waals surface area contributed by atoms with Gasteiger partial charge in [-0.05, 0) is 91.8 Å². The fourth-order valence-electron chi connectivity index (χ4n) is 3.87. The highest BCUT2D eigenvalue weighted by Gasteiger charge is 2.34. The van der Waals surface area contributed by atoms with E-state index >= 15 is 0 Å². The normalized spacial score (nSPS) is 14.6. The molecule has 1 aliphatic heterocycles. The summed E-state index contributed by atoms with van der Waals surface area (Å²) >= 11 is 1.98. The monoisotopic (exact) mass is 392 g/mol. The Morgan fingerprint density at radius 3 is 2.46 bits per heavy atom. The third-order valence-electron chi connectivity index (χ3n) is 5.83. The lowest BCUT2D eigenvalue weighted by Crippen LogP contribution is -2.29. The first-order valence-corrected chi connectivity index (χ1v) is 11.1. The Balaban J connectivity index is 1.91. The lowest BCUT2D eigenvalue weighted by molar-refractivity contribution is 0.0526. The number of thioether (sulfide) groups is 1. The maximum atomic E-state index is 11.8. The van der Waals surface area contributed by atoms with Crippen molar-refractivity contribution in [1.82, 2.24) is 0 Å². The number of rotatable bonds is 4. The smallest absolute Gasteiger partial charge is 0.338 e. The molecule has 0 amide bonds. The molecule has 2 nitrogen and oxygen atoms in total. The van der Waals surface area contributed by atoms with Crippen molar-refractivity contribution in [3.05, 3.63) is 64.2 Å². The molecule has 0 unspecified atom stereocenters. The summed E-state index contributed by atoms with van der Waals surface area (Å²) in [7, 11) is 0. The summed E-state index contributed by atoms with van der Waals surface area (Å²) in [6.07, 6.45) is 3.58. The Labute approximate surface area is 173 Å². The first-order chi connectivity index (χ1) is 13.5. The molecule has 0 aromatic heterocycles. The van der Waals surface area contributed by atoms with Crippen LogP contribution in [0.15, 0.2) is 41.3 Å². The minimum atomic E-state index is -0.291. The maximum Gasteiger partial charge on any atom is 0.338 e. The molecule has 0 aliphatic carbocycles. The van der Waals surface area contributed by atoms with E-state index in [9.17, 15) is 4.79 Å². The summed E-state index contributed by atoms with van der Waals surface area (Å²) in [6, 6.07) is 11.9. The zero-order valence-corrected chi connectivity index (χ0v) is 18.0. The van der Waals surface area contributed by atoms with Crippen LogP contribution in [-0.4, -0.2) is 18.3 Å². The van der Waals surface area contributed by atoms with Gasteiger partial charge in [0.2, 0.25) is 0 Å². The third-order valence-corrected chi connectivity index (χ3v) is 6.88. The van der Waals surface area contributed by atoms with Gasteiger partial charge in [0.1, 0.15) is 0 Å². The van der Waals surface area contributed by atoms with E-state index in [2.05, 4.69) is 44.7 Å². The molecule has 2 aromatic rings. The van der Waals surface area contributed by atoms with Crippen LogP contribution in [0.1, 0.15) is 72.6 Å². The number of hydrogen-bond acceptors (Lipinski definition) is 3. The number of hydrogen-bond donors (Lipinski definition) is 0.